The third-order valence-electron chi connectivity index (χ3n) is 4.34. The van der Waals surface area contributed by atoms with E-state index in [1.165, 1.54) is 31.2 Å². The third-order valence-corrected chi connectivity index (χ3v) is 5.47. The van der Waals surface area contributed by atoms with E-state index in [9.17, 15) is 18.8 Å². The number of hydrogen-bond donors (Lipinski definition) is 2. The number of nitrogens with zero attached hydrogens (tertiary/aromatic N) is 2. The number of carbonyl (C=O) groups excluding carboxylic acids is 3. The Morgan fingerprint density at radius 3 is 2.37 bits per heavy atom. The Balaban J connectivity index is 1.80. The summed E-state index contributed by atoms with van der Waals surface area (Å²) in [6.45, 7) is 6.67. The number of aryl methyl sites for hydroxylation is 2. The summed E-state index contributed by atoms with van der Waals surface area (Å²) < 4.78 is 19.8. The average Bonchev–Trinajstić information content (AvgIpc) is 2.93. The van der Waals surface area contributed by atoms with Gasteiger partial charge in [0, 0.05) is 12.7 Å². The van der Waals surface area contributed by atoms with Crippen LogP contribution in [0.5, 0.6) is 0 Å². The van der Waals surface area contributed by atoms with Crippen molar-refractivity contribution < 1.29 is 23.5 Å². The largest absolute Gasteiger partial charge is 0.452 e. The molecule has 10 heteroatoms. The molecule has 30 heavy (non-hydrogen) atoms. The number of halogens is 1. The molecule has 0 spiro atoms. The molecule has 1 heterocycles. The molecular formula is C20H25FN4O4S. The Morgan fingerprint density at radius 1 is 1.17 bits per heavy atom. The molecule has 0 bridgehead atoms. The standard InChI is InChI=1S/C20H25FN4O4S/c1-11-18(12(2)25(5)24-11)23-19(27)13(3)29-20(28)14(4)30-10-17(26)22-16-8-6-15(21)7-9-16/h6-9,13-14H,10H2,1-5H3,(H,22,26)(H,23,27). The topological polar surface area (TPSA) is 102 Å². The molecular weight excluding hydrogens is 411 g/mol. The van der Waals surface area contributed by atoms with Crippen molar-refractivity contribution in [2.75, 3.05) is 16.4 Å². The molecule has 1 aromatic carbocycles. The van der Waals surface area contributed by atoms with Crippen LogP contribution in [-0.2, 0) is 26.2 Å². The van der Waals surface area contributed by atoms with Crippen molar-refractivity contribution in [1.29, 1.82) is 0 Å². The molecule has 2 aromatic rings. The number of amides is 2. The van der Waals surface area contributed by atoms with Crippen LogP contribution in [0.1, 0.15) is 25.2 Å². The summed E-state index contributed by atoms with van der Waals surface area (Å²) in [5, 5.41) is 8.91. The number of carbonyl (C=O) groups is 3. The molecule has 2 N–H and O–H groups in total. The summed E-state index contributed by atoms with van der Waals surface area (Å²) in [5.41, 5.74) is 2.50. The first-order valence-corrected chi connectivity index (χ1v) is 10.3. The maximum Gasteiger partial charge on any atom is 0.319 e. The fraction of sp³-hybridized carbons (Fsp3) is 0.400. The van der Waals surface area contributed by atoms with Crippen LogP contribution < -0.4 is 10.6 Å². The average molecular weight is 437 g/mol. The Kier molecular flexibility index (Phi) is 7.99. The van der Waals surface area contributed by atoms with E-state index in [0.29, 0.717) is 17.1 Å². The summed E-state index contributed by atoms with van der Waals surface area (Å²) in [6.07, 6.45) is -1.01. The molecule has 0 saturated carbocycles. The SMILES string of the molecule is Cc1nn(C)c(C)c1NC(=O)C(C)OC(=O)C(C)SCC(=O)Nc1ccc(F)cc1. The van der Waals surface area contributed by atoms with E-state index in [2.05, 4.69) is 15.7 Å². The van der Waals surface area contributed by atoms with Gasteiger partial charge in [0.15, 0.2) is 6.10 Å². The summed E-state index contributed by atoms with van der Waals surface area (Å²) in [5.74, 6) is -1.79. The Morgan fingerprint density at radius 2 is 1.80 bits per heavy atom. The lowest BCUT2D eigenvalue weighted by Gasteiger charge is -2.16. The van der Waals surface area contributed by atoms with Gasteiger partial charge in [0.05, 0.1) is 22.8 Å². The predicted molar refractivity (Wildman–Crippen MR) is 114 cm³/mol. The number of ether oxygens (including phenoxy) is 1. The molecule has 2 atom stereocenters. The van der Waals surface area contributed by atoms with Crippen molar-refractivity contribution in [3.8, 4) is 0 Å². The summed E-state index contributed by atoms with van der Waals surface area (Å²) in [4.78, 5) is 36.6. The molecule has 8 nitrogen and oxygen atoms in total. The van der Waals surface area contributed by atoms with Crippen LogP contribution in [0.3, 0.4) is 0 Å². The molecule has 0 aliphatic rings. The molecule has 0 aliphatic heterocycles. The van der Waals surface area contributed by atoms with Gasteiger partial charge in [-0.1, -0.05) is 0 Å². The molecule has 0 aliphatic carbocycles. The van der Waals surface area contributed by atoms with Crippen LogP contribution in [0.15, 0.2) is 24.3 Å². The van der Waals surface area contributed by atoms with Crippen LogP contribution in [0.2, 0.25) is 0 Å². The molecule has 0 fully saturated rings. The Bertz CT molecular complexity index is 930. The number of thioether (sulfide) groups is 1. The van der Waals surface area contributed by atoms with Gasteiger partial charge in [0.25, 0.3) is 5.91 Å². The molecule has 1 aromatic heterocycles. The third kappa shape index (κ3) is 6.31. The van der Waals surface area contributed by atoms with E-state index in [4.69, 9.17) is 4.74 Å². The van der Waals surface area contributed by atoms with Gasteiger partial charge < -0.3 is 15.4 Å². The zero-order valence-electron chi connectivity index (χ0n) is 17.5. The Hall–Kier alpha value is -2.88. The van der Waals surface area contributed by atoms with Gasteiger partial charge in [-0.2, -0.15) is 5.10 Å². The van der Waals surface area contributed by atoms with Gasteiger partial charge >= 0.3 is 5.97 Å². The first-order valence-electron chi connectivity index (χ1n) is 9.27. The van der Waals surface area contributed by atoms with Crippen LogP contribution in [0.4, 0.5) is 15.8 Å². The number of hydrogen-bond acceptors (Lipinski definition) is 6. The number of rotatable bonds is 8. The van der Waals surface area contributed by atoms with Crippen molar-refractivity contribution in [3.05, 3.63) is 41.5 Å². The number of esters is 1. The second-order valence-electron chi connectivity index (χ2n) is 6.75. The number of benzene rings is 1. The highest BCUT2D eigenvalue weighted by Crippen LogP contribution is 2.19. The van der Waals surface area contributed by atoms with Crippen molar-refractivity contribution >= 4 is 40.9 Å². The van der Waals surface area contributed by atoms with Gasteiger partial charge in [-0.05, 0) is 52.0 Å². The minimum atomic E-state index is -1.01. The second-order valence-corrected chi connectivity index (χ2v) is 8.08. The second kappa shape index (κ2) is 10.2. The van der Waals surface area contributed by atoms with E-state index in [-0.39, 0.29) is 11.7 Å². The highest BCUT2D eigenvalue weighted by atomic mass is 32.2. The lowest BCUT2D eigenvalue weighted by atomic mass is 10.3. The minimum Gasteiger partial charge on any atom is -0.452 e. The van der Waals surface area contributed by atoms with E-state index in [1.807, 2.05) is 6.92 Å². The zero-order valence-corrected chi connectivity index (χ0v) is 18.3. The van der Waals surface area contributed by atoms with E-state index in [1.54, 1.807) is 25.6 Å². The number of anilines is 2. The van der Waals surface area contributed by atoms with Crippen LogP contribution in [0.25, 0.3) is 0 Å². The fourth-order valence-electron chi connectivity index (χ4n) is 2.50. The quantitative estimate of drug-likeness (QED) is 0.617. The van der Waals surface area contributed by atoms with Gasteiger partial charge in [-0.3, -0.25) is 19.1 Å². The molecule has 162 valence electrons. The lowest BCUT2D eigenvalue weighted by molar-refractivity contribution is -0.152. The summed E-state index contributed by atoms with van der Waals surface area (Å²) in [7, 11) is 1.77. The van der Waals surface area contributed by atoms with E-state index < -0.39 is 29.0 Å². The van der Waals surface area contributed by atoms with Gasteiger partial charge in [-0.25, -0.2) is 4.39 Å². The maximum absolute atomic E-state index is 12.9. The van der Waals surface area contributed by atoms with Gasteiger partial charge in [-0.15, -0.1) is 11.8 Å². The fourth-order valence-corrected chi connectivity index (χ4v) is 3.17. The van der Waals surface area contributed by atoms with Gasteiger partial charge in [0.2, 0.25) is 5.91 Å². The lowest BCUT2D eigenvalue weighted by Crippen LogP contribution is -2.33. The van der Waals surface area contributed by atoms with Crippen LogP contribution >= 0.6 is 11.8 Å². The smallest absolute Gasteiger partial charge is 0.319 e. The molecule has 2 unspecified atom stereocenters. The highest BCUT2D eigenvalue weighted by Gasteiger charge is 2.24. The molecule has 0 radical (unpaired) electrons. The summed E-state index contributed by atoms with van der Waals surface area (Å²) in [6, 6.07) is 5.37. The van der Waals surface area contributed by atoms with Crippen LogP contribution in [0, 0.1) is 19.7 Å². The van der Waals surface area contributed by atoms with Crippen molar-refractivity contribution in [2.24, 2.45) is 7.05 Å². The van der Waals surface area contributed by atoms with Crippen molar-refractivity contribution in [1.82, 2.24) is 9.78 Å². The van der Waals surface area contributed by atoms with Crippen LogP contribution in [-0.4, -0.2) is 44.7 Å². The molecule has 2 amide bonds. The van der Waals surface area contributed by atoms with Crippen molar-refractivity contribution in [2.45, 2.75) is 39.0 Å². The predicted octanol–water partition coefficient (Wildman–Crippen LogP) is 2.81. The maximum atomic E-state index is 12.9. The molecule has 2 rings (SSSR count). The minimum absolute atomic E-state index is 0.00228. The first kappa shape index (κ1) is 23.4. The van der Waals surface area contributed by atoms with E-state index in [0.717, 1.165) is 17.5 Å². The summed E-state index contributed by atoms with van der Waals surface area (Å²) >= 11 is 1.08. The zero-order chi connectivity index (χ0) is 22.4. The number of aromatic nitrogens is 2. The van der Waals surface area contributed by atoms with E-state index >= 15 is 0 Å². The monoisotopic (exact) mass is 436 g/mol. The van der Waals surface area contributed by atoms with Crippen molar-refractivity contribution in [3.63, 3.8) is 0 Å². The Labute approximate surface area is 178 Å². The number of nitrogens with one attached hydrogen (secondary N) is 2. The van der Waals surface area contributed by atoms with Gasteiger partial charge in [0.1, 0.15) is 11.1 Å². The highest BCUT2D eigenvalue weighted by molar-refractivity contribution is 8.01. The molecule has 0 saturated heterocycles. The first-order chi connectivity index (χ1) is 14.1. The normalized spacial score (nSPS) is 12.7.